The summed E-state index contributed by atoms with van der Waals surface area (Å²) in [5.41, 5.74) is 3.61. The third-order valence-corrected chi connectivity index (χ3v) is 5.69. The molecule has 0 saturated carbocycles. The molecule has 0 atom stereocenters. The van der Waals surface area contributed by atoms with Gasteiger partial charge in [0.15, 0.2) is 0 Å². The largest absolute Gasteiger partial charge is 0.486 e. The topological polar surface area (TPSA) is 80.3 Å². The Bertz CT molecular complexity index is 1050. The molecule has 0 aliphatic heterocycles. The number of nitrogens with one attached hydrogen (secondary N) is 2. The van der Waals surface area contributed by atoms with E-state index in [1.807, 2.05) is 43.3 Å². The standard InChI is InChI=1S/C25H29N3O3S/c1-17(2)20-10-9-18(3)13-22(20)31-15-24-28-21(16-32-24)25(30)27-12-11-26-23(29)14-19-7-5-4-6-8-19/h4-10,13,16-17H,11-12,14-15H2,1-3H3,(H,26,29)(H,27,30). The lowest BCUT2D eigenvalue weighted by atomic mass is 10.0. The van der Waals surface area contributed by atoms with Crippen LogP contribution in [0.5, 0.6) is 5.75 Å². The van der Waals surface area contributed by atoms with Crippen molar-refractivity contribution in [3.8, 4) is 5.75 Å². The molecule has 0 aliphatic rings. The minimum absolute atomic E-state index is 0.0737. The molecule has 1 aromatic heterocycles. The number of hydrogen-bond donors (Lipinski definition) is 2. The van der Waals surface area contributed by atoms with Crippen molar-refractivity contribution < 1.29 is 14.3 Å². The van der Waals surface area contributed by atoms with Gasteiger partial charge >= 0.3 is 0 Å². The van der Waals surface area contributed by atoms with Crippen molar-refractivity contribution in [2.45, 2.75) is 39.7 Å². The third-order valence-electron chi connectivity index (χ3n) is 4.87. The van der Waals surface area contributed by atoms with Crippen LogP contribution in [0, 0.1) is 6.92 Å². The lowest BCUT2D eigenvalue weighted by Gasteiger charge is -2.14. The van der Waals surface area contributed by atoms with Crippen molar-refractivity contribution in [1.82, 2.24) is 15.6 Å². The summed E-state index contributed by atoms with van der Waals surface area (Å²) in [5, 5.41) is 8.06. The van der Waals surface area contributed by atoms with E-state index in [0.717, 1.165) is 27.4 Å². The van der Waals surface area contributed by atoms with Crippen molar-refractivity contribution in [3.63, 3.8) is 0 Å². The summed E-state index contributed by atoms with van der Waals surface area (Å²) in [6.45, 7) is 7.32. The summed E-state index contributed by atoms with van der Waals surface area (Å²) in [4.78, 5) is 28.7. The zero-order chi connectivity index (χ0) is 22.9. The molecule has 32 heavy (non-hydrogen) atoms. The zero-order valence-corrected chi connectivity index (χ0v) is 19.5. The van der Waals surface area contributed by atoms with Crippen LogP contribution in [0.2, 0.25) is 0 Å². The van der Waals surface area contributed by atoms with Crippen LogP contribution in [-0.4, -0.2) is 29.9 Å². The Labute approximate surface area is 193 Å². The fourth-order valence-corrected chi connectivity index (χ4v) is 3.86. The summed E-state index contributed by atoms with van der Waals surface area (Å²) in [6.07, 6.45) is 0.323. The maximum Gasteiger partial charge on any atom is 0.270 e. The average molecular weight is 452 g/mol. The van der Waals surface area contributed by atoms with Gasteiger partial charge < -0.3 is 15.4 Å². The Balaban J connectivity index is 1.43. The molecule has 0 unspecified atom stereocenters. The van der Waals surface area contributed by atoms with Gasteiger partial charge in [0.1, 0.15) is 23.1 Å². The van der Waals surface area contributed by atoms with Crippen molar-refractivity contribution in [2.24, 2.45) is 0 Å². The van der Waals surface area contributed by atoms with Gasteiger partial charge in [0.25, 0.3) is 5.91 Å². The first-order valence-electron chi connectivity index (χ1n) is 10.7. The smallest absolute Gasteiger partial charge is 0.270 e. The first kappa shape index (κ1) is 23.5. The highest BCUT2D eigenvalue weighted by molar-refractivity contribution is 7.09. The number of benzene rings is 2. The summed E-state index contributed by atoms with van der Waals surface area (Å²) < 4.78 is 6.00. The molecule has 0 spiro atoms. The number of thiazole rings is 1. The normalized spacial score (nSPS) is 10.8. The molecular weight excluding hydrogens is 422 g/mol. The second kappa shape index (κ2) is 11.4. The van der Waals surface area contributed by atoms with Crippen molar-refractivity contribution in [1.29, 1.82) is 0 Å². The molecular formula is C25H29N3O3S. The molecule has 3 aromatic rings. The Kier molecular flexibility index (Phi) is 8.39. The summed E-state index contributed by atoms with van der Waals surface area (Å²) >= 11 is 1.39. The molecule has 2 aromatic carbocycles. The Hall–Kier alpha value is -3.19. The Morgan fingerprint density at radius 2 is 1.81 bits per heavy atom. The molecule has 1 heterocycles. The highest BCUT2D eigenvalue weighted by atomic mass is 32.1. The number of carbonyl (C=O) groups excluding carboxylic acids is 2. The number of amides is 2. The number of nitrogens with zero attached hydrogens (tertiary/aromatic N) is 1. The Morgan fingerprint density at radius 1 is 1.06 bits per heavy atom. The van der Waals surface area contributed by atoms with Crippen LogP contribution in [0.4, 0.5) is 0 Å². The molecule has 3 rings (SSSR count). The number of rotatable bonds is 10. The van der Waals surface area contributed by atoms with Gasteiger partial charge in [-0.05, 0) is 35.6 Å². The molecule has 7 heteroatoms. The van der Waals surface area contributed by atoms with Crippen LogP contribution >= 0.6 is 11.3 Å². The quantitative estimate of drug-likeness (QED) is 0.452. The van der Waals surface area contributed by atoms with Crippen LogP contribution in [0.25, 0.3) is 0 Å². The van der Waals surface area contributed by atoms with Crippen molar-refractivity contribution >= 4 is 23.2 Å². The monoisotopic (exact) mass is 451 g/mol. The molecule has 2 N–H and O–H groups in total. The molecule has 168 valence electrons. The van der Waals surface area contributed by atoms with Gasteiger partial charge in [-0.15, -0.1) is 11.3 Å². The van der Waals surface area contributed by atoms with Crippen LogP contribution in [-0.2, 0) is 17.8 Å². The zero-order valence-electron chi connectivity index (χ0n) is 18.7. The Morgan fingerprint density at radius 3 is 2.56 bits per heavy atom. The van der Waals surface area contributed by atoms with Gasteiger partial charge in [0.2, 0.25) is 5.91 Å². The molecule has 2 amide bonds. The van der Waals surface area contributed by atoms with E-state index in [0.29, 0.717) is 37.7 Å². The van der Waals surface area contributed by atoms with Gasteiger partial charge in [0, 0.05) is 18.5 Å². The number of hydrogen-bond acceptors (Lipinski definition) is 5. The molecule has 0 aliphatic carbocycles. The number of aryl methyl sites for hydroxylation is 1. The summed E-state index contributed by atoms with van der Waals surface area (Å²) in [5.74, 6) is 0.877. The fourth-order valence-electron chi connectivity index (χ4n) is 3.18. The maximum atomic E-state index is 12.3. The first-order chi connectivity index (χ1) is 15.4. The lowest BCUT2D eigenvalue weighted by molar-refractivity contribution is -0.120. The summed E-state index contributed by atoms with van der Waals surface area (Å²) in [7, 11) is 0. The van der Waals surface area contributed by atoms with E-state index in [-0.39, 0.29) is 11.8 Å². The number of aromatic nitrogens is 1. The van der Waals surface area contributed by atoms with Gasteiger partial charge in [-0.3, -0.25) is 9.59 Å². The van der Waals surface area contributed by atoms with Gasteiger partial charge in [-0.1, -0.05) is 56.3 Å². The summed E-state index contributed by atoms with van der Waals surface area (Å²) in [6, 6.07) is 15.7. The average Bonchev–Trinajstić information content (AvgIpc) is 3.25. The van der Waals surface area contributed by atoms with Gasteiger partial charge in [-0.25, -0.2) is 4.98 Å². The molecule has 6 nitrogen and oxygen atoms in total. The SMILES string of the molecule is Cc1ccc(C(C)C)c(OCc2nc(C(=O)NCCNC(=O)Cc3ccccc3)cs2)c1. The van der Waals surface area contributed by atoms with Crippen LogP contribution in [0.15, 0.2) is 53.9 Å². The first-order valence-corrected chi connectivity index (χ1v) is 11.6. The van der Waals surface area contributed by atoms with Gasteiger partial charge in [-0.2, -0.15) is 0 Å². The van der Waals surface area contributed by atoms with Crippen molar-refractivity contribution in [3.05, 3.63) is 81.3 Å². The van der Waals surface area contributed by atoms with E-state index >= 15 is 0 Å². The lowest BCUT2D eigenvalue weighted by Crippen LogP contribution is -2.35. The predicted octanol–water partition coefficient (Wildman–Crippen LogP) is 4.24. The van der Waals surface area contributed by atoms with Gasteiger partial charge in [0.05, 0.1) is 6.42 Å². The van der Waals surface area contributed by atoms with Crippen LogP contribution < -0.4 is 15.4 Å². The van der Waals surface area contributed by atoms with Crippen LogP contribution in [0.3, 0.4) is 0 Å². The molecule has 0 radical (unpaired) electrons. The molecule has 0 saturated heterocycles. The maximum absolute atomic E-state index is 12.3. The van der Waals surface area contributed by atoms with Crippen LogP contribution in [0.1, 0.15) is 52.0 Å². The van der Waals surface area contributed by atoms with E-state index in [4.69, 9.17) is 4.74 Å². The van der Waals surface area contributed by atoms with E-state index < -0.39 is 0 Å². The highest BCUT2D eigenvalue weighted by Gasteiger charge is 2.13. The van der Waals surface area contributed by atoms with E-state index in [1.54, 1.807) is 5.38 Å². The third kappa shape index (κ3) is 6.92. The highest BCUT2D eigenvalue weighted by Crippen LogP contribution is 2.28. The van der Waals surface area contributed by atoms with Crippen molar-refractivity contribution in [2.75, 3.05) is 13.1 Å². The minimum atomic E-state index is -0.261. The predicted molar refractivity (Wildman–Crippen MR) is 127 cm³/mol. The molecule has 0 fully saturated rings. The van der Waals surface area contributed by atoms with E-state index in [9.17, 15) is 9.59 Å². The molecule has 0 bridgehead atoms. The van der Waals surface area contributed by atoms with E-state index in [2.05, 4.69) is 41.6 Å². The number of carbonyl (C=O) groups is 2. The fraction of sp³-hybridized carbons (Fsp3) is 0.320. The van der Waals surface area contributed by atoms with E-state index in [1.165, 1.54) is 11.3 Å². The minimum Gasteiger partial charge on any atom is -0.486 e. The number of ether oxygens (including phenoxy) is 1. The second-order valence-electron chi connectivity index (χ2n) is 7.88. The second-order valence-corrected chi connectivity index (χ2v) is 8.82.